The van der Waals surface area contributed by atoms with E-state index in [1.165, 1.54) is 38.5 Å². The van der Waals surface area contributed by atoms with Gasteiger partial charge in [-0.3, -0.25) is 0 Å². The van der Waals surface area contributed by atoms with Gasteiger partial charge in [0.1, 0.15) is 6.29 Å². The molecular weight excluding hydrogens is 188 g/mol. The van der Waals surface area contributed by atoms with Crippen LogP contribution in [0, 0.1) is 12.8 Å². The number of carbonyl (C=O) groups is 1. The third-order valence-corrected chi connectivity index (χ3v) is 2.81. The lowest BCUT2D eigenvalue weighted by molar-refractivity contribution is -0.113. The van der Waals surface area contributed by atoms with Gasteiger partial charge in [0, 0.05) is 5.92 Å². The summed E-state index contributed by atoms with van der Waals surface area (Å²) in [5.74, 6) is -0.263. The van der Waals surface area contributed by atoms with Crippen molar-refractivity contribution in [1.82, 2.24) is 0 Å². The Bertz CT molecular complexity index is 143. The summed E-state index contributed by atoms with van der Waals surface area (Å²) in [4.78, 5) is 10.6. The van der Waals surface area contributed by atoms with E-state index in [0.717, 1.165) is 19.1 Å². The van der Waals surface area contributed by atoms with E-state index in [4.69, 9.17) is 5.11 Å². The van der Waals surface area contributed by atoms with Crippen LogP contribution in [0.2, 0.25) is 0 Å². The number of aliphatic hydroxyl groups is 1. The Morgan fingerprint density at radius 1 is 1.13 bits per heavy atom. The molecule has 2 unspecified atom stereocenters. The van der Waals surface area contributed by atoms with Crippen molar-refractivity contribution in [3.05, 3.63) is 6.92 Å². The molecule has 2 atom stereocenters. The molecule has 0 heterocycles. The fraction of sp³-hybridized carbons (Fsp3) is 0.846. The molecule has 0 aromatic heterocycles. The molecular formula is C13H25O2. The molecule has 89 valence electrons. The number of aliphatic hydroxyl groups excluding tert-OH is 1. The van der Waals surface area contributed by atoms with Crippen LogP contribution in [-0.4, -0.2) is 17.5 Å². The highest BCUT2D eigenvalue weighted by molar-refractivity contribution is 5.54. The van der Waals surface area contributed by atoms with Gasteiger partial charge in [-0.15, -0.1) is 0 Å². The molecule has 0 rings (SSSR count). The third kappa shape index (κ3) is 8.61. The van der Waals surface area contributed by atoms with Crippen LogP contribution < -0.4 is 0 Å². The Hall–Kier alpha value is -0.370. The largest absolute Gasteiger partial charge is 0.392 e. The van der Waals surface area contributed by atoms with Crippen molar-refractivity contribution in [3.63, 3.8) is 0 Å². The highest BCUT2D eigenvalue weighted by atomic mass is 16.3. The molecule has 0 spiro atoms. The van der Waals surface area contributed by atoms with E-state index < -0.39 is 6.10 Å². The maximum atomic E-state index is 10.6. The lowest BCUT2D eigenvalue weighted by atomic mass is 9.97. The van der Waals surface area contributed by atoms with Gasteiger partial charge >= 0.3 is 0 Å². The average Bonchev–Trinajstić information content (AvgIpc) is 2.21. The molecule has 0 fully saturated rings. The van der Waals surface area contributed by atoms with Crippen LogP contribution in [0.3, 0.4) is 0 Å². The molecule has 0 aromatic carbocycles. The summed E-state index contributed by atoms with van der Waals surface area (Å²) in [5, 5.41) is 9.14. The Labute approximate surface area is 94.1 Å². The van der Waals surface area contributed by atoms with Crippen LogP contribution in [0.1, 0.15) is 58.3 Å². The Morgan fingerprint density at radius 3 is 2.13 bits per heavy atom. The van der Waals surface area contributed by atoms with Gasteiger partial charge in [-0.25, -0.2) is 0 Å². The maximum Gasteiger partial charge on any atom is 0.125 e. The molecule has 0 bridgehead atoms. The molecule has 15 heavy (non-hydrogen) atoms. The van der Waals surface area contributed by atoms with Crippen LogP contribution in [0.15, 0.2) is 0 Å². The molecule has 0 amide bonds. The molecule has 0 aliphatic heterocycles. The second-order valence-electron chi connectivity index (χ2n) is 4.28. The van der Waals surface area contributed by atoms with Gasteiger partial charge in [0.2, 0.25) is 0 Å². The predicted octanol–water partition coefficient (Wildman–Crippen LogP) is 3.14. The first-order valence-electron chi connectivity index (χ1n) is 6.18. The van der Waals surface area contributed by atoms with Gasteiger partial charge in [-0.1, -0.05) is 51.9 Å². The molecule has 0 saturated heterocycles. The van der Waals surface area contributed by atoms with Crippen LogP contribution in [-0.2, 0) is 4.79 Å². The number of rotatable bonds is 10. The summed E-state index contributed by atoms with van der Waals surface area (Å²) < 4.78 is 0. The lowest BCUT2D eigenvalue weighted by Gasteiger charge is -2.12. The van der Waals surface area contributed by atoms with E-state index in [-0.39, 0.29) is 5.92 Å². The topological polar surface area (TPSA) is 37.3 Å². The van der Waals surface area contributed by atoms with Crippen molar-refractivity contribution in [1.29, 1.82) is 0 Å². The normalized spacial score (nSPS) is 14.9. The van der Waals surface area contributed by atoms with Crippen LogP contribution in [0.5, 0.6) is 0 Å². The Balaban J connectivity index is 3.25. The van der Waals surface area contributed by atoms with Gasteiger partial charge in [-0.05, 0) is 13.3 Å². The summed E-state index contributed by atoms with van der Waals surface area (Å²) in [6.07, 6.45) is 9.55. The fourth-order valence-electron chi connectivity index (χ4n) is 1.69. The summed E-state index contributed by atoms with van der Waals surface area (Å²) in [6.45, 7) is 5.69. The number of unbranched alkanes of at least 4 members (excludes halogenated alkanes) is 6. The molecule has 1 radical (unpaired) electrons. The molecule has 0 aromatic rings. The number of carbonyl (C=O) groups excluding carboxylic acids is 1. The summed E-state index contributed by atoms with van der Waals surface area (Å²) in [5.41, 5.74) is 0. The Kier molecular flexibility index (Phi) is 9.91. The first-order chi connectivity index (χ1) is 7.22. The summed E-state index contributed by atoms with van der Waals surface area (Å²) in [6, 6.07) is 0. The molecule has 0 aliphatic rings. The van der Waals surface area contributed by atoms with Crippen molar-refractivity contribution in [3.8, 4) is 0 Å². The quantitative estimate of drug-likeness (QED) is 0.447. The zero-order valence-corrected chi connectivity index (χ0v) is 9.95. The van der Waals surface area contributed by atoms with Gasteiger partial charge < -0.3 is 9.90 Å². The fourth-order valence-corrected chi connectivity index (χ4v) is 1.69. The highest BCUT2D eigenvalue weighted by Gasteiger charge is 2.12. The number of hydrogen-bond donors (Lipinski definition) is 1. The highest BCUT2D eigenvalue weighted by Crippen LogP contribution is 2.13. The van der Waals surface area contributed by atoms with Gasteiger partial charge in [0.15, 0.2) is 0 Å². The van der Waals surface area contributed by atoms with Crippen LogP contribution in [0.25, 0.3) is 0 Å². The van der Waals surface area contributed by atoms with Crippen molar-refractivity contribution < 1.29 is 9.90 Å². The lowest BCUT2D eigenvalue weighted by Crippen LogP contribution is -2.18. The van der Waals surface area contributed by atoms with Crippen molar-refractivity contribution in [2.75, 3.05) is 0 Å². The molecule has 0 saturated carbocycles. The van der Waals surface area contributed by atoms with E-state index in [0.29, 0.717) is 0 Å². The molecule has 2 nitrogen and oxygen atoms in total. The van der Waals surface area contributed by atoms with E-state index in [1.807, 2.05) is 0 Å². The van der Waals surface area contributed by atoms with E-state index >= 15 is 0 Å². The molecule has 1 N–H and O–H groups in total. The Morgan fingerprint density at radius 2 is 1.67 bits per heavy atom. The number of aldehydes is 1. The van der Waals surface area contributed by atoms with Crippen LogP contribution >= 0.6 is 0 Å². The molecule has 2 heteroatoms. The van der Waals surface area contributed by atoms with E-state index in [1.54, 1.807) is 0 Å². The van der Waals surface area contributed by atoms with Gasteiger partial charge in [0.05, 0.1) is 6.10 Å². The second kappa shape index (κ2) is 10.2. The minimum Gasteiger partial charge on any atom is -0.392 e. The summed E-state index contributed by atoms with van der Waals surface area (Å²) >= 11 is 0. The zero-order valence-electron chi connectivity index (χ0n) is 9.95. The first kappa shape index (κ1) is 14.6. The van der Waals surface area contributed by atoms with E-state index in [2.05, 4.69) is 13.8 Å². The van der Waals surface area contributed by atoms with Gasteiger partial charge in [-0.2, -0.15) is 0 Å². The minimum atomic E-state index is -0.734. The summed E-state index contributed by atoms with van der Waals surface area (Å²) in [7, 11) is 0. The van der Waals surface area contributed by atoms with E-state index in [9.17, 15) is 4.79 Å². The van der Waals surface area contributed by atoms with Gasteiger partial charge in [0.25, 0.3) is 0 Å². The third-order valence-electron chi connectivity index (χ3n) is 2.81. The predicted molar refractivity (Wildman–Crippen MR) is 63.5 cm³/mol. The average molecular weight is 213 g/mol. The smallest absolute Gasteiger partial charge is 0.125 e. The standard InChI is InChI=1S/C13H25O2/c1-3-4-5-6-7-8-9-10-13(11-14)12(2)15/h11-13,15H,2-10H2,1H3. The number of hydrogen-bond acceptors (Lipinski definition) is 2. The SMILES string of the molecule is [CH2]C(O)C(C=O)CCCCCCCCC. The van der Waals surface area contributed by atoms with Crippen molar-refractivity contribution in [2.24, 2.45) is 5.92 Å². The first-order valence-corrected chi connectivity index (χ1v) is 6.18. The molecule has 0 aliphatic carbocycles. The van der Waals surface area contributed by atoms with Crippen molar-refractivity contribution in [2.45, 2.75) is 64.4 Å². The zero-order chi connectivity index (χ0) is 11.5. The minimum absolute atomic E-state index is 0.263. The van der Waals surface area contributed by atoms with Crippen LogP contribution in [0.4, 0.5) is 0 Å². The maximum absolute atomic E-state index is 10.6. The second-order valence-corrected chi connectivity index (χ2v) is 4.28. The van der Waals surface area contributed by atoms with Crippen molar-refractivity contribution >= 4 is 6.29 Å². The monoisotopic (exact) mass is 213 g/mol.